The summed E-state index contributed by atoms with van der Waals surface area (Å²) in [6, 6.07) is 6.07. The molecule has 0 saturated carbocycles. The van der Waals surface area contributed by atoms with E-state index in [4.69, 9.17) is 0 Å². The molecule has 0 atom stereocenters. The van der Waals surface area contributed by atoms with Gasteiger partial charge in [0.15, 0.2) is 0 Å². The molecule has 18 heavy (non-hydrogen) atoms. The van der Waals surface area contributed by atoms with Gasteiger partial charge in [-0.2, -0.15) is 0 Å². The van der Waals surface area contributed by atoms with Crippen molar-refractivity contribution >= 4 is 17.8 Å². The van der Waals surface area contributed by atoms with E-state index in [2.05, 4.69) is 10.8 Å². The van der Waals surface area contributed by atoms with Crippen LogP contribution in [0, 0.1) is 0 Å². The number of carbonyl (C=O) groups is 2. The Morgan fingerprint density at radius 1 is 1.33 bits per heavy atom. The number of Topliss-reactive ketones (excluding diaryl/α,β-unsaturated/α-hetero) is 1. The first-order valence-electron chi connectivity index (χ1n) is 6.06. The van der Waals surface area contributed by atoms with Crippen molar-refractivity contribution in [3.63, 3.8) is 0 Å². The Balaban J connectivity index is 2.07. The van der Waals surface area contributed by atoms with Gasteiger partial charge in [-0.05, 0) is 23.1 Å². The van der Waals surface area contributed by atoms with E-state index in [0.29, 0.717) is 18.6 Å². The van der Waals surface area contributed by atoms with Gasteiger partial charge in [-0.3, -0.25) is 9.59 Å². The molecule has 3 heteroatoms. The summed E-state index contributed by atoms with van der Waals surface area (Å²) in [6.45, 7) is 0. The van der Waals surface area contributed by atoms with Crippen LogP contribution in [0.4, 0.5) is 0 Å². The van der Waals surface area contributed by atoms with Gasteiger partial charge in [-0.15, -0.1) is 0 Å². The Morgan fingerprint density at radius 2 is 2.17 bits per heavy atom. The van der Waals surface area contributed by atoms with Gasteiger partial charge in [0.2, 0.25) is 0 Å². The molecular weight excluding hydrogens is 228 g/mol. The van der Waals surface area contributed by atoms with Crippen molar-refractivity contribution in [1.82, 2.24) is 0 Å². The molecule has 1 aromatic carbocycles. The maximum Gasteiger partial charge on any atom is 0.309 e. The minimum atomic E-state index is -0.241. The second kappa shape index (κ2) is 5.63. The lowest BCUT2D eigenvalue weighted by Crippen LogP contribution is -2.13. The molecule has 94 valence electrons. The van der Waals surface area contributed by atoms with Gasteiger partial charge in [-0.1, -0.05) is 30.4 Å². The van der Waals surface area contributed by atoms with Crippen LogP contribution < -0.4 is 0 Å². The Hall–Kier alpha value is -1.90. The first-order valence-corrected chi connectivity index (χ1v) is 6.06. The van der Waals surface area contributed by atoms with Crippen molar-refractivity contribution in [2.75, 3.05) is 7.11 Å². The molecule has 0 amide bonds. The summed E-state index contributed by atoms with van der Waals surface area (Å²) in [5.74, 6) is 0.0753. The highest BCUT2D eigenvalue weighted by Crippen LogP contribution is 2.21. The summed E-state index contributed by atoms with van der Waals surface area (Å²) in [7, 11) is 1.38. The van der Waals surface area contributed by atoms with Gasteiger partial charge in [0.1, 0.15) is 5.78 Å². The van der Waals surface area contributed by atoms with Crippen molar-refractivity contribution in [1.29, 1.82) is 0 Å². The summed E-state index contributed by atoms with van der Waals surface area (Å²) in [4.78, 5) is 22.3. The molecule has 0 bridgehead atoms. The number of ketones is 1. The fraction of sp³-hybridized carbons (Fsp3) is 0.333. The third-order valence-electron chi connectivity index (χ3n) is 3.11. The van der Waals surface area contributed by atoms with Crippen molar-refractivity contribution in [3.05, 3.63) is 41.0 Å². The van der Waals surface area contributed by atoms with Crippen LogP contribution in [0.5, 0.6) is 0 Å². The number of fused-ring (bicyclic) bond motifs is 1. The highest BCUT2D eigenvalue weighted by molar-refractivity contribution is 5.83. The topological polar surface area (TPSA) is 43.4 Å². The average molecular weight is 244 g/mol. The lowest BCUT2D eigenvalue weighted by Gasteiger charge is -2.14. The van der Waals surface area contributed by atoms with Crippen molar-refractivity contribution in [2.45, 2.75) is 25.7 Å². The van der Waals surface area contributed by atoms with Crippen LogP contribution in [0.1, 0.15) is 29.5 Å². The number of hydrogen-bond donors (Lipinski definition) is 0. The van der Waals surface area contributed by atoms with Crippen molar-refractivity contribution in [3.8, 4) is 0 Å². The predicted octanol–water partition coefficient (Wildman–Crippen LogP) is 2.32. The highest BCUT2D eigenvalue weighted by Gasteiger charge is 2.14. The van der Waals surface area contributed by atoms with Crippen LogP contribution in [-0.2, 0) is 27.2 Å². The van der Waals surface area contributed by atoms with Gasteiger partial charge in [0, 0.05) is 12.8 Å². The second-order valence-electron chi connectivity index (χ2n) is 4.43. The van der Waals surface area contributed by atoms with Gasteiger partial charge in [0.25, 0.3) is 0 Å². The van der Waals surface area contributed by atoms with Crippen LogP contribution in [0.15, 0.2) is 24.3 Å². The van der Waals surface area contributed by atoms with Gasteiger partial charge in [-0.25, -0.2) is 0 Å². The number of benzene rings is 1. The summed E-state index contributed by atoms with van der Waals surface area (Å²) in [5.41, 5.74) is 3.44. The molecule has 0 spiro atoms. The summed E-state index contributed by atoms with van der Waals surface area (Å²) in [6.07, 6.45) is 6.01. The first-order chi connectivity index (χ1) is 8.69. The molecule has 0 saturated heterocycles. The normalized spacial score (nSPS) is 14.6. The molecule has 1 aromatic rings. The molecule has 1 aliphatic rings. The summed E-state index contributed by atoms with van der Waals surface area (Å²) in [5, 5.41) is 0. The zero-order valence-electron chi connectivity index (χ0n) is 10.4. The van der Waals surface area contributed by atoms with E-state index < -0.39 is 0 Å². The fourth-order valence-electron chi connectivity index (χ4n) is 2.10. The Morgan fingerprint density at radius 3 is 2.94 bits per heavy atom. The van der Waals surface area contributed by atoms with Crippen LogP contribution in [0.2, 0.25) is 0 Å². The van der Waals surface area contributed by atoms with Gasteiger partial charge in [0.05, 0.1) is 13.5 Å². The largest absolute Gasteiger partial charge is 0.469 e. The smallest absolute Gasteiger partial charge is 0.309 e. The molecule has 0 aromatic heterocycles. The zero-order valence-corrected chi connectivity index (χ0v) is 10.4. The minimum Gasteiger partial charge on any atom is -0.469 e. The second-order valence-corrected chi connectivity index (χ2v) is 4.43. The van der Waals surface area contributed by atoms with E-state index in [0.717, 1.165) is 17.5 Å². The number of methoxy groups -OCH3 is 1. The number of rotatable bonds is 3. The van der Waals surface area contributed by atoms with E-state index in [1.165, 1.54) is 12.7 Å². The molecule has 3 nitrogen and oxygen atoms in total. The van der Waals surface area contributed by atoms with Crippen molar-refractivity contribution < 1.29 is 14.3 Å². The predicted molar refractivity (Wildman–Crippen MR) is 69.1 cm³/mol. The van der Waals surface area contributed by atoms with Crippen LogP contribution in [0.3, 0.4) is 0 Å². The van der Waals surface area contributed by atoms with E-state index >= 15 is 0 Å². The molecule has 0 N–H and O–H groups in total. The zero-order chi connectivity index (χ0) is 13.0. The Bertz CT molecular complexity index is 500. The number of carbonyl (C=O) groups excluding carboxylic acids is 2. The van der Waals surface area contributed by atoms with E-state index in [9.17, 15) is 9.59 Å². The molecule has 0 heterocycles. The standard InChI is InChI=1S/C15H16O3/c1-18-15(17)4-2-3-11-5-6-13-10-14(16)8-7-12(13)9-11/h2-3,5-6,9H,4,7-8,10H2,1H3. The monoisotopic (exact) mass is 244 g/mol. The number of ether oxygens (including phenoxy) is 1. The van der Waals surface area contributed by atoms with Crippen LogP contribution in [-0.4, -0.2) is 18.9 Å². The summed E-state index contributed by atoms with van der Waals surface area (Å²) < 4.78 is 4.56. The maximum atomic E-state index is 11.3. The fourth-order valence-corrected chi connectivity index (χ4v) is 2.10. The highest BCUT2D eigenvalue weighted by atomic mass is 16.5. The molecule has 0 radical (unpaired) electrons. The van der Waals surface area contributed by atoms with E-state index in [1.807, 2.05) is 18.2 Å². The number of aryl methyl sites for hydroxylation is 1. The number of hydrogen-bond acceptors (Lipinski definition) is 3. The molecule has 0 fully saturated rings. The lowest BCUT2D eigenvalue weighted by atomic mass is 9.89. The molecule has 0 unspecified atom stereocenters. The summed E-state index contributed by atoms with van der Waals surface area (Å²) >= 11 is 0. The minimum absolute atomic E-state index is 0.241. The maximum absolute atomic E-state index is 11.3. The average Bonchev–Trinajstić information content (AvgIpc) is 2.38. The molecule has 0 aliphatic heterocycles. The van der Waals surface area contributed by atoms with E-state index in [-0.39, 0.29) is 12.4 Å². The van der Waals surface area contributed by atoms with E-state index in [1.54, 1.807) is 6.08 Å². The van der Waals surface area contributed by atoms with Crippen molar-refractivity contribution in [2.24, 2.45) is 0 Å². The first kappa shape index (κ1) is 12.6. The SMILES string of the molecule is COC(=O)CC=Cc1ccc2c(c1)CCC(=O)C2. The lowest BCUT2D eigenvalue weighted by molar-refractivity contribution is -0.139. The number of esters is 1. The van der Waals surface area contributed by atoms with Crippen LogP contribution in [0.25, 0.3) is 6.08 Å². The third-order valence-corrected chi connectivity index (χ3v) is 3.11. The van der Waals surface area contributed by atoms with Gasteiger partial charge < -0.3 is 4.74 Å². The van der Waals surface area contributed by atoms with Crippen LogP contribution >= 0.6 is 0 Å². The van der Waals surface area contributed by atoms with Gasteiger partial charge >= 0.3 is 5.97 Å². The molecule has 2 rings (SSSR count). The Kier molecular flexibility index (Phi) is 3.92. The molecule has 1 aliphatic carbocycles. The Labute approximate surface area is 106 Å². The molecular formula is C15H16O3. The third kappa shape index (κ3) is 3.06. The quantitative estimate of drug-likeness (QED) is 0.766.